The molecule has 1 aliphatic rings. The molecule has 4 aromatic rings. The fourth-order valence-electron chi connectivity index (χ4n) is 3.82. The van der Waals surface area contributed by atoms with Gasteiger partial charge in [0.25, 0.3) is 5.91 Å². The Morgan fingerprint density at radius 3 is 2.73 bits per heavy atom. The van der Waals surface area contributed by atoms with E-state index in [4.69, 9.17) is 4.42 Å². The van der Waals surface area contributed by atoms with E-state index in [1.807, 2.05) is 12.1 Å². The van der Waals surface area contributed by atoms with Crippen LogP contribution in [-0.2, 0) is 6.42 Å². The van der Waals surface area contributed by atoms with E-state index in [1.165, 1.54) is 4.88 Å². The van der Waals surface area contributed by atoms with E-state index in [9.17, 15) is 9.59 Å². The zero-order chi connectivity index (χ0) is 20.7. The quantitative estimate of drug-likeness (QED) is 0.473. The van der Waals surface area contributed by atoms with Gasteiger partial charge in [-0.3, -0.25) is 4.79 Å². The topological polar surface area (TPSA) is 79.5 Å². The third-order valence-corrected chi connectivity index (χ3v) is 6.63. The Morgan fingerprint density at radius 2 is 1.93 bits per heavy atom. The third kappa shape index (κ3) is 3.23. The van der Waals surface area contributed by atoms with Gasteiger partial charge in [0, 0.05) is 36.4 Å². The van der Waals surface area contributed by atoms with Crippen molar-refractivity contribution in [3.05, 3.63) is 63.6 Å². The van der Waals surface area contributed by atoms with E-state index in [1.54, 1.807) is 40.8 Å². The monoisotopic (exact) mass is 420 g/mol. The molecule has 0 radical (unpaired) electrons. The molecule has 3 aromatic heterocycles. The zero-order valence-electron chi connectivity index (χ0n) is 16.5. The van der Waals surface area contributed by atoms with Gasteiger partial charge in [0.1, 0.15) is 28.1 Å². The predicted octanol–water partition coefficient (Wildman–Crippen LogP) is 3.32. The van der Waals surface area contributed by atoms with Crippen molar-refractivity contribution in [2.75, 3.05) is 31.1 Å². The first-order valence-corrected chi connectivity index (χ1v) is 10.8. The van der Waals surface area contributed by atoms with Crippen molar-refractivity contribution in [2.45, 2.75) is 13.3 Å². The highest BCUT2D eigenvalue weighted by Crippen LogP contribution is 2.31. The molecular weight excluding hydrogens is 400 g/mol. The first-order chi connectivity index (χ1) is 14.6. The number of amides is 1. The van der Waals surface area contributed by atoms with Crippen LogP contribution in [0.3, 0.4) is 0 Å². The summed E-state index contributed by atoms with van der Waals surface area (Å²) in [4.78, 5) is 40.4. The Balaban J connectivity index is 1.36. The van der Waals surface area contributed by atoms with Crippen LogP contribution in [0.15, 0.2) is 51.9 Å². The van der Waals surface area contributed by atoms with Gasteiger partial charge in [-0.25, -0.2) is 14.8 Å². The summed E-state index contributed by atoms with van der Waals surface area (Å²) in [5.74, 6) is 0.624. The van der Waals surface area contributed by atoms with Crippen molar-refractivity contribution >= 4 is 44.2 Å². The minimum absolute atomic E-state index is 0.0806. The molecule has 0 bridgehead atoms. The molecule has 30 heavy (non-hydrogen) atoms. The lowest BCUT2D eigenvalue weighted by atomic mass is 10.1. The molecule has 0 N–H and O–H groups in total. The molecule has 1 saturated heterocycles. The molecule has 1 fully saturated rings. The minimum atomic E-state index is -0.594. The lowest BCUT2D eigenvalue weighted by molar-refractivity contribution is 0.0742. The van der Waals surface area contributed by atoms with E-state index in [0.29, 0.717) is 31.8 Å². The molecule has 1 aromatic carbocycles. The van der Waals surface area contributed by atoms with Gasteiger partial charge in [-0.1, -0.05) is 25.1 Å². The molecule has 8 heteroatoms. The number of aromatic nitrogens is 2. The summed E-state index contributed by atoms with van der Waals surface area (Å²) in [6.45, 7) is 4.45. The predicted molar refractivity (Wildman–Crippen MR) is 117 cm³/mol. The molecule has 0 unspecified atom stereocenters. The maximum Gasteiger partial charge on any atom is 0.349 e. The summed E-state index contributed by atoms with van der Waals surface area (Å²) >= 11 is 1.69. The van der Waals surface area contributed by atoms with Gasteiger partial charge in [-0.15, -0.1) is 11.3 Å². The number of nitrogens with zero attached hydrogens (tertiary/aromatic N) is 4. The van der Waals surface area contributed by atoms with Gasteiger partial charge in [0.2, 0.25) is 0 Å². The van der Waals surface area contributed by atoms with Crippen molar-refractivity contribution in [3.8, 4) is 0 Å². The van der Waals surface area contributed by atoms with Crippen LogP contribution in [0.4, 0.5) is 5.82 Å². The highest BCUT2D eigenvalue weighted by Gasteiger charge is 2.26. The second-order valence-electron chi connectivity index (χ2n) is 7.25. The number of piperazine rings is 1. The van der Waals surface area contributed by atoms with Crippen LogP contribution in [-0.4, -0.2) is 47.0 Å². The molecule has 4 heterocycles. The molecule has 0 atom stereocenters. The Labute approximate surface area is 176 Å². The summed E-state index contributed by atoms with van der Waals surface area (Å²) in [6.07, 6.45) is 2.57. The van der Waals surface area contributed by atoms with E-state index >= 15 is 0 Å². The zero-order valence-corrected chi connectivity index (χ0v) is 17.3. The average Bonchev–Trinajstić information content (AvgIpc) is 3.22. The van der Waals surface area contributed by atoms with Crippen LogP contribution < -0.4 is 10.5 Å². The maximum atomic E-state index is 13.0. The van der Waals surface area contributed by atoms with Crippen LogP contribution in [0.5, 0.6) is 0 Å². The number of benzene rings is 1. The van der Waals surface area contributed by atoms with Crippen LogP contribution in [0.1, 0.15) is 22.2 Å². The average molecular weight is 420 g/mol. The van der Waals surface area contributed by atoms with Gasteiger partial charge < -0.3 is 14.2 Å². The molecule has 0 spiro atoms. The van der Waals surface area contributed by atoms with E-state index in [2.05, 4.69) is 27.9 Å². The van der Waals surface area contributed by atoms with Gasteiger partial charge in [0.15, 0.2) is 0 Å². The number of aryl methyl sites for hydroxylation is 1. The highest BCUT2D eigenvalue weighted by atomic mass is 32.1. The van der Waals surface area contributed by atoms with Gasteiger partial charge in [-0.05, 0) is 24.6 Å². The highest BCUT2D eigenvalue weighted by molar-refractivity contribution is 7.18. The first kappa shape index (κ1) is 18.7. The molecule has 0 aliphatic carbocycles. The second-order valence-corrected chi connectivity index (χ2v) is 8.36. The molecular formula is C22H20N4O3S. The summed E-state index contributed by atoms with van der Waals surface area (Å²) in [6, 6.07) is 11.0. The van der Waals surface area contributed by atoms with Gasteiger partial charge >= 0.3 is 5.63 Å². The molecule has 1 amide bonds. The lowest BCUT2D eigenvalue weighted by Crippen LogP contribution is -2.49. The fourth-order valence-corrected chi connectivity index (χ4v) is 4.75. The van der Waals surface area contributed by atoms with E-state index < -0.39 is 5.63 Å². The normalized spacial score (nSPS) is 14.6. The minimum Gasteiger partial charge on any atom is -0.422 e. The van der Waals surface area contributed by atoms with Crippen LogP contribution in [0.2, 0.25) is 0 Å². The first-order valence-electron chi connectivity index (χ1n) is 9.94. The number of para-hydroxylation sites is 1. The number of rotatable bonds is 3. The molecule has 0 saturated carbocycles. The van der Waals surface area contributed by atoms with Crippen LogP contribution in [0.25, 0.3) is 21.2 Å². The van der Waals surface area contributed by atoms with E-state index in [-0.39, 0.29) is 11.5 Å². The molecule has 5 rings (SSSR count). The fraction of sp³-hybridized carbons (Fsp3) is 0.273. The number of hydrogen-bond acceptors (Lipinski definition) is 7. The van der Waals surface area contributed by atoms with Crippen molar-refractivity contribution < 1.29 is 9.21 Å². The number of carbonyl (C=O) groups excluding carboxylic acids is 1. The Hall–Kier alpha value is -3.26. The Kier molecular flexibility index (Phi) is 4.71. The number of fused-ring (bicyclic) bond motifs is 2. The smallest absolute Gasteiger partial charge is 0.349 e. The van der Waals surface area contributed by atoms with E-state index in [0.717, 1.165) is 27.8 Å². The summed E-state index contributed by atoms with van der Waals surface area (Å²) in [7, 11) is 0. The van der Waals surface area contributed by atoms with Gasteiger partial charge in [0.05, 0.1) is 5.39 Å². The van der Waals surface area contributed by atoms with Crippen molar-refractivity contribution in [1.82, 2.24) is 14.9 Å². The second kappa shape index (κ2) is 7.53. The van der Waals surface area contributed by atoms with Crippen LogP contribution >= 0.6 is 11.3 Å². The van der Waals surface area contributed by atoms with Crippen LogP contribution in [0, 0.1) is 0 Å². The summed E-state index contributed by atoms with van der Waals surface area (Å²) in [5.41, 5.74) is -0.0279. The Bertz CT molecular complexity index is 1300. The maximum absolute atomic E-state index is 13.0. The SMILES string of the molecule is CCc1cc2c(N3CCN(C(=O)c4cc5ccccc5oc4=O)CC3)ncnc2s1. The van der Waals surface area contributed by atoms with Crippen molar-refractivity contribution in [1.29, 1.82) is 0 Å². The molecule has 7 nitrogen and oxygen atoms in total. The van der Waals surface area contributed by atoms with Crippen molar-refractivity contribution in [2.24, 2.45) is 0 Å². The summed E-state index contributed by atoms with van der Waals surface area (Å²) in [5, 5.41) is 1.81. The van der Waals surface area contributed by atoms with Crippen molar-refractivity contribution in [3.63, 3.8) is 0 Å². The number of hydrogen-bond donors (Lipinski definition) is 0. The third-order valence-electron chi connectivity index (χ3n) is 5.45. The van der Waals surface area contributed by atoms with Gasteiger partial charge in [-0.2, -0.15) is 0 Å². The number of thiophene rings is 1. The Morgan fingerprint density at radius 1 is 1.13 bits per heavy atom. The lowest BCUT2D eigenvalue weighted by Gasteiger charge is -2.35. The number of carbonyl (C=O) groups is 1. The largest absolute Gasteiger partial charge is 0.422 e. The molecule has 152 valence electrons. The molecule has 1 aliphatic heterocycles. The summed E-state index contributed by atoms with van der Waals surface area (Å²) < 4.78 is 5.33. The number of anilines is 1. The standard InChI is InChI=1S/C22H20N4O3S/c1-2-15-12-16-19(23-13-24-20(16)30-15)25-7-9-26(10-8-25)21(27)17-11-14-5-3-4-6-18(14)29-22(17)28/h3-6,11-13H,2,7-10H2,1H3.